The Balaban J connectivity index is 2.44. The van der Waals surface area contributed by atoms with Crippen molar-refractivity contribution in [2.45, 2.75) is 24.7 Å². The molecule has 0 atom stereocenters. The topological polar surface area (TPSA) is 98.2 Å². The van der Waals surface area contributed by atoms with Crippen molar-refractivity contribution in [1.82, 2.24) is 4.72 Å². The van der Waals surface area contributed by atoms with E-state index in [0.29, 0.717) is 23.5 Å². The fourth-order valence-corrected chi connectivity index (χ4v) is 3.44. The maximum atomic E-state index is 12.5. The Hall–Kier alpha value is -2.05. The van der Waals surface area contributed by atoms with Crippen molar-refractivity contribution < 1.29 is 8.42 Å². The van der Waals surface area contributed by atoms with Gasteiger partial charge in [0.15, 0.2) is 0 Å². The van der Waals surface area contributed by atoms with Gasteiger partial charge in [0.2, 0.25) is 10.0 Å². The van der Waals surface area contributed by atoms with Gasteiger partial charge in [0.1, 0.15) is 0 Å². The van der Waals surface area contributed by atoms with Crippen molar-refractivity contribution in [2.24, 2.45) is 0 Å². The fraction of sp³-hybridized carbons (Fsp3) is 0.250. The zero-order valence-corrected chi connectivity index (χ0v) is 13.4. The number of benzene rings is 2. The van der Waals surface area contributed by atoms with Crippen molar-refractivity contribution in [1.29, 1.82) is 0 Å². The molecule has 0 unspecified atom stereocenters. The molecule has 22 heavy (non-hydrogen) atoms. The van der Waals surface area contributed by atoms with E-state index in [1.54, 1.807) is 42.5 Å². The molecule has 2 rings (SSSR count). The molecule has 0 spiro atoms. The molecule has 2 aromatic rings. The number of hydrogen-bond donors (Lipinski definition) is 3. The largest absolute Gasteiger partial charge is 0.397 e. The second-order valence-electron chi connectivity index (χ2n) is 5.09. The molecule has 0 heterocycles. The molecule has 0 bridgehead atoms. The fourth-order valence-electron chi connectivity index (χ4n) is 2.14. The number of hydrogen-bond acceptors (Lipinski definition) is 4. The summed E-state index contributed by atoms with van der Waals surface area (Å²) in [7, 11) is -3.56. The van der Waals surface area contributed by atoms with E-state index in [2.05, 4.69) is 4.72 Å². The maximum absolute atomic E-state index is 12.5. The second kappa shape index (κ2) is 6.81. The van der Waals surface area contributed by atoms with Crippen LogP contribution in [0.15, 0.2) is 47.4 Å². The normalized spacial score (nSPS) is 11.5. The minimum absolute atomic E-state index is 0.246. The van der Waals surface area contributed by atoms with Crippen LogP contribution in [-0.4, -0.2) is 15.0 Å². The molecule has 0 saturated heterocycles. The van der Waals surface area contributed by atoms with Gasteiger partial charge in [-0.3, -0.25) is 0 Å². The summed E-state index contributed by atoms with van der Waals surface area (Å²) < 4.78 is 27.6. The zero-order chi connectivity index (χ0) is 16.2. The standard InChI is InChI=1S/C16H21N3O2S/c1-2-3-10-19-22(20,21)16-7-5-4-6-13(16)12-8-9-14(17)15(18)11-12/h4-9,11,19H,2-3,10,17-18H2,1H3. The summed E-state index contributed by atoms with van der Waals surface area (Å²) in [5.74, 6) is 0. The van der Waals surface area contributed by atoms with Crippen LogP contribution in [0.3, 0.4) is 0 Å². The zero-order valence-electron chi connectivity index (χ0n) is 12.5. The summed E-state index contributed by atoms with van der Waals surface area (Å²) in [5.41, 5.74) is 13.8. The van der Waals surface area contributed by atoms with Gasteiger partial charge in [0, 0.05) is 12.1 Å². The van der Waals surface area contributed by atoms with E-state index < -0.39 is 10.0 Å². The first kappa shape index (κ1) is 16.3. The van der Waals surface area contributed by atoms with Crippen LogP contribution in [0.25, 0.3) is 11.1 Å². The molecule has 0 radical (unpaired) electrons. The number of anilines is 2. The summed E-state index contributed by atoms with van der Waals surface area (Å²) in [6, 6.07) is 12.0. The van der Waals surface area contributed by atoms with Crippen LogP contribution in [0, 0.1) is 0 Å². The Morgan fingerprint density at radius 3 is 2.45 bits per heavy atom. The van der Waals surface area contributed by atoms with Gasteiger partial charge in [-0.05, 0) is 30.2 Å². The monoisotopic (exact) mass is 319 g/mol. The Morgan fingerprint density at radius 2 is 1.77 bits per heavy atom. The summed E-state index contributed by atoms with van der Waals surface area (Å²) >= 11 is 0. The van der Waals surface area contributed by atoms with Crippen molar-refractivity contribution >= 4 is 21.4 Å². The maximum Gasteiger partial charge on any atom is 0.241 e. The van der Waals surface area contributed by atoms with E-state index in [1.807, 2.05) is 6.92 Å². The predicted octanol–water partition coefficient (Wildman–Crippen LogP) is 2.60. The molecule has 0 fully saturated rings. The molecule has 0 aliphatic rings. The van der Waals surface area contributed by atoms with E-state index in [4.69, 9.17) is 11.5 Å². The molecular formula is C16H21N3O2S. The lowest BCUT2D eigenvalue weighted by Gasteiger charge is -2.12. The van der Waals surface area contributed by atoms with Crippen LogP contribution in [0.4, 0.5) is 11.4 Å². The summed E-state index contributed by atoms with van der Waals surface area (Å²) in [5, 5.41) is 0. The van der Waals surface area contributed by atoms with Gasteiger partial charge >= 0.3 is 0 Å². The summed E-state index contributed by atoms with van der Waals surface area (Å²) in [6.45, 7) is 2.44. The number of rotatable bonds is 6. The van der Waals surface area contributed by atoms with Gasteiger partial charge in [-0.15, -0.1) is 0 Å². The second-order valence-corrected chi connectivity index (χ2v) is 6.83. The Morgan fingerprint density at radius 1 is 1.05 bits per heavy atom. The van der Waals surface area contributed by atoms with Crippen molar-refractivity contribution in [3.8, 4) is 11.1 Å². The van der Waals surface area contributed by atoms with Crippen LogP contribution < -0.4 is 16.2 Å². The molecule has 0 amide bonds. The number of nitrogen functional groups attached to an aromatic ring is 2. The highest BCUT2D eigenvalue weighted by atomic mass is 32.2. The van der Waals surface area contributed by atoms with Crippen LogP contribution in [0.2, 0.25) is 0 Å². The van der Waals surface area contributed by atoms with E-state index in [0.717, 1.165) is 18.4 Å². The average molecular weight is 319 g/mol. The number of nitrogens with one attached hydrogen (secondary N) is 1. The lowest BCUT2D eigenvalue weighted by molar-refractivity contribution is 0.578. The lowest BCUT2D eigenvalue weighted by atomic mass is 10.0. The molecule has 0 aromatic heterocycles. The molecule has 118 valence electrons. The minimum Gasteiger partial charge on any atom is -0.397 e. The summed E-state index contributed by atoms with van der Waals surface area (Å²) in [6.07, 6.45) is 1.73. The SMILES string of the molecule is CCCCNS(=O)(=O)c1ccccc1-c1ccc(N)c(N)c1. The first-order valence-corrected chi connectivity index (χ1v) is 8.68. The molecule has 5 nitrogen and oxygen atoms in total. The van der Waals surface area contributed by atoms with Gasteiger partial charge in [-0.25, -0.2) is 13.1 Å². The Bertz CT molecular complexity index is 758. The third-order valence-corrected chi connectivity index (χ3v) is 4.92. The highest BCUT2D eigenvalue weighted by Crippen LogP contribution is 2.30. The van der Waals surface area contributed by atoms with Gasteiger partial charge < -0.3 is 11.5 Å². The van der Waals surface area contributed by atoms with Crippen LogP contribution in [-0.2, 0) is 10.0 Å². The van der Waals surface area contributed by atoms with Crippen molar-refractivity contribution in [2.75, 3.05) is 18.0 Å². The van der Waals surface area contributed by atoms with E-state index >= 15 is 0 Å². The summed E-state index contributed by atoms with van der Waals surface area (Å²) in [4.78, 5) is 0.246. The van der Waals surface area contributed by atoms with Crippen molar-refractivity contribution in [3.05, 3.63) is 42.5 Å². The number of nitrogens with two attached hydrogens (primary N) is 2. The van der Waals surface area contributed by atoms with Crippen LogP contribution in [0.1, 0.15) is 19.8 Å². The van der Waals surface area contributed by atoms with Gasteiger partial charge in [-0.1, -0.05) is 37.6 Å². The average Bonchev–Trinajstić information content (AvgIpc) is 2.50. The van der Waals surface area contributed by atoms with Crippen LogP contribution >= 0.6 is 0 Å². The van der Waals surface area contributed by atoms with Crippen LogP contribution in [0.5, 0.6) is 0 Å². The third kappa shape index (κ3) is 3.58. The third-order valence-electron chi connectivity index (χ3n) is 3.40. The van der Waals surface area contributed by atoms with E-state index in [1.165, 1.54) is 0 Å². The molecule has 6 heteroatoms. The van der Waals surface area contributed by atoms with E-state index in [9.17, 15) is 8.42 Å². The molecule has 2 aromatic carbocycles. The highest BCUT2D eigenvalue weighted by molar-refractivity contribution is 7.89. The lowest BCUT2D eigenvalue weighted by Crippen LogP contribution is -2.25. The molecule has 0 saturated carbocycles. The first-order chi connectivity index (χ1) is 10.5. The predicted molar refractivity (Wildman–Crippen MR) is 90.8 cm³/mol. The molecule has 5 N–H and O–H groups in total. The van der Waals surface area contributed by atoms with E-state index in [-0.39, 0.29) is 4.90 Å². The molecular weight excluding hydrogens is 298 g/mol. The van der Waals surface area contributed by atoms with Crippen molar-refractivity contribution in [3.63, 3.8) is 0 Å². The number of unbranched alkanes of at least 4 members (excludes halogenated alkanes) is 1. The van der Waals surface area contributed by atoms with Gasteiger partial charge in [0.05, 0.1) is 16.3 Å². The first-order valence-electron chi connectivity index (χ1n) is 7.19. The number of sulfonamides is 1. The van der Waals surface area contributed by atoms with Gasteiger partial charge in [0.25, 0.3) is 0 Å². The minimum atomic E-state index is -3.56. The Labute approximate surface area is 131 Å². The highest BCUT2D eigenvalue weighted by Gasteiger charge is 2.18. The molecule has 0 aliphatic carbocycles. The quantitative estimate of drug-likeness (QED) is 0.563. The Kier molecular flexibility index (Phi) is 5.05. The smallest absolute Gasteiger partial charge is 0.241 e. The molecule has 0 aliphatic heterocycles. The van der Waals surface area contributed by atoms with Gasteiger partial charge in [-0.2, -0.15) is 0 Å².